The summed E-state index contributed by atoms with van der Waals surface area (Å²) in [5, 5.41) is 4.04. The molecule has 0 aliphatic heterocycles. The van der Waals surface area contributed by atoms with Gasteiger partial charge in [-0.15, -0.1) is 0 Å². The van der Waals surface area contributed by atoms with Crippen LogP contribution in [0.15, 0.2) is 72.8 Å². The predicted octanol–water partition coefficient (Wildman–Crippen LogP) is 8.77. The Bertz CT molecular complexity index is 1580. The van der Waals surface area contributed by atoms with Crippen molar-refractivity contribution in [3.63, 3.8) is 0 Å². The van der Waals surface area contributed by atoms with Crippen molar-refractivity contribution in [2.45, 2.75) is 52.4 Å². The summed E-state index contributed by atoms with van der Waals surface area (Å²) in [4.78, 5) is 11.0. The van der Waals surface area contributed by atoms with Crippen LogP contribution in [0, 0.1) is 20.8 Å². The predicted molar refractivity (Wildman–Crippen MR) is 149 cm³/mol. The van der Waals surface area contributed by atoms with Crippen LogP contribution in [0.25, 0.3) is 32.7 Å². The van der Waals surface area contributed by atoms with Gasteiger partial charge in [0.25, 0.3) is 0 Å². The molecule has 6 aromatic rings. The number of hydrogen-bond donors (Lipinski definition) is 3. The Hall–Kier alpha value is -3.72. The lowest BCUT2D eigenvalue weighted by Crippen LogP contribution is -2.10. The molecule has 0 saturated carbocycles. The summed E-state index contributed by atoms with van der Waals surface area (Å²) in [6.07, 6.45) is 2.16. The van der Waals surface area contributed by atoms with Crippen LogP contribution in [-0.4, -0.2) is 15.0 Å². The Kier molecular flexibility index (Phi) is 5.29. The van der Waals surface area contributed by atoms with Gasteiger partial charge in [0.15, 0.2) is 0 Å². The average Bonchev–Trinajstić information content (AvgIpc) is 3.49. The van der Waals surface area contributed by atoms with Gasteiger partial charge in [0.2, 0.25) is 0 Å². The summed E-state index contributed by atoms with van der Waals surface area (Å²) in [5.74, 6) is 0.720. The molecule has 0 saturated heterocycles. The number of aromatic amines is 3. The molecule has 3 N–H and O–H groups in total. The topological polar surface area (TPSA) is 47.4 Å². The number of hydrogen-bond acceptors (Lipinski definition) is 0. The third kappa shape index (κ3) is 3.49. The third-order valence-electron chi connectivity index (χ3n) is 7.95. The first kappa shape index (κ1) is 21.8. The number of rotatable bonds is 6. The number of nitrogens with one attached hydrogen (secondary N) is 3. The van der Waals surface area contributed by atoms with E-state index in [2.05, 4.69) is 115 Å². The Morgan fingerprint density at radius 3 is 1.34 bits per heavy atom. The van der Waals surface area contributed by atoms with Gasteiger partial charge in [-0.05, 0) is 74.4 Å². The van der Waals surface area contributed by atoms with Gasteiger partial charge < -0.3 is 15.0 Å². The molecule has 3 heteroatoms. The number of H-pyrrole nitrogens is 3. The second kappa shape index (κ2) is 8.49. The van der Waals surface area contributed by atoms with Crippen LogP contribution >= 0.6 is 0 Å². The molecular weight excluding hydrogens is 426 g/mol. The smallest absolute Gasteiger partial charge is 0.0459 e. The maximum Gasteiger partial charge on any atom is 0.0459 e. The zero-order valence-electron chi connectivity index (χ0n) is 21.0. The van der Waals surface area contributed by atoms with Crippen LogP contribution in [0.1, 0.15) is 65.4 Å². The maximum absolute atomic E-state index is 3.69. The van der Waals surface area contributed by atoms with Crippen molar-refractivity contribution >= 4 is 32.7 Å². The summed E-state index contributed by atoms with van der Waals surface area (Å²) in [7, 11) is 0. The Morgan fingerprint density at radius 2 is 0.914 bits per heavy atom. The molecule has 0 fully saturated rings. The molecule has 0 amide bonds. The fourth-order valence-corrected chi connectivity index (χ4v) is 6.47. The van der Waals surface area contributed by atoms with E-state index >= 15 is 0 Å². The number of para-hydroxylation sites is 3. The monoisotopic (exact) mass is 459 g/mol. The van der Waals surface area contributed by atoms with Crippen LogP contribution < -0.4 is 0 Å². The number of benzene rings is 3. The highest BCUT2D eigenvalue weighted by molar-refractivity contribution is 5.90. The molecule has 3 aromatic heterocycles. The van der Waals surface area contributed by atoms with Crippen LogP contribution in [0.3, 0.4) is 0 Å². The molecule has 0 aliphatic carbocycles. The van der Waals surface area contributed by atoms with Gasteiger partial charge in [-0.2, -0.15) is 0 Å². The number of fused-ring (bicyclic) bond motifs is 3. The average molecular weight is 460 g/mol. The molecular formula is C32H33N3. The molecule has 0 bridgehead atoms. The minimum Gasteiger partial charge on any atom is -0.358 e. The van der Waals surface area contributed by atoms with Crippen molar-refractivity contribution in [1.82, 2.24) is 15.0 Å². The lowest BCUT2D eigenvalue weighted by molar-refractivity contribution is 0.564. The van der Waals surface area contributed by atoms with Crippen molar-refractivity contribution in [2.75, 3.05) is 0 Å². The highest BCUT2D eigenvalue weighted by Crippen LogP contribution is 2.46. The van der Waals surface area contributed by atoms with E-state index in [4.69, 9.17) is 0 Å². The van der Waals surface area contributed by atoms with Crippen LogP contribution in [0.2, 0.25) is 0 Å². The van der Waals surface area contributed by atoms with Gasteiger partial charge in [0.1, 0.15) is 0 Å². The van der Waals surface area contributed by atoms with E-state index in [1.807, 2.05) is 0 Å². The zero-order chi connectivity index (χ0) is 24.1. The second-order valence-corrected chi connectivity index (χ2v) is 10.0. The van der Waals surface area contributed by atoms with Gasteiger partial charge in [0, 0.05) is 55.7 Å². The molecule has 3 aromatic carbocycles. The minimum atomic E-state index is 0.278. The van der Waals surface area contributed by atoms with Crippen molar-refractivity contribution in [3.8, 4) is 0 Å². The highest BCUT2D eigenvalue weighted by atomic mass is 14.7. The van der Waals surface area contributed by atoms with E-state index in [0.717, 1.165) is 12.8 Å². The van der Waals surface area contributed by atoms with Gasteiger partial charge in [-0.3, -0.25) is 0 Å². The first-order valence-corrected chi connectivity index (χ1v) is 12.8. The van der Waals surface area contributed by atoms with E-state index in [9.17, 15) is 0 Å². The molecule has 35 heavy (non-hydrogen) atoms. The largest absolute Gasteiger partial charge is 0.358 e. The summed E-state index contributed by atoms with van der Waals surface area (Å²) in [6, 6.07) is 26.3. The molecule has 0 aliphatic rings. The van der Waals surface area contributed by atoms with Gasteiger partial charge in [0.05, 0.1) is 0 Å². The first-order chi connectivity index (χ1) is 17.1. The Labute approximate surface area is 206 Å². The Morgan fingerprint density at radius 1 is 0.543 bits per heavy atom. The van der Waals surface area contributed by atoms with Crippen LogP contribution in [-0.2, 0) is 0 Å². The molecule has 6 rings (SSSR count). The molecule has 0 radical (unpaired) electrons. The number of aromatic nitrogens is 3. The molecule has 3 heterocycles. The molecule has 1 unspecified atom stereocenters. The first-order valence-electron chi connectivity index (χ1n) is 12.8. The Balaban J connectivity index is 1.58. The standard InChI is InChI=1S/C32H33N3/c1-5-22(30-19(2)33-27-15-9-6-12-23(27)30)18-26(31-20(3)34-28-16-10-7-13-24(28)31)32-21(4)35-29-17-11-8-14-25(29)32/h6-17,22,26,33-35H,5,18H2,1-4H3. The van der Waals surface area contributed by atoms with Gasteiger partial charge >= 0.3 is 0 Å². The fraction of sp³-hybridized carbons (Fsp3) is 0.250. The number of aryl methyl sites for hydroxylation is 3. The quantitative estimate of drug-likeness (QED) is 0.223. The third-order valence-corrected chi connectivity index (χ3v) is 7.95. The molecule has 1 atom stereocenters. The summed E-state index contributed by atoms with van der Waals surface area (Å²) in [5.41, 5.74) is 11.9. The van der Waals surface area contributed by atoms with E-state index in [0.29, 0.717) is 5.92 Å². The summed E-state index contributed by atoms with van der Waals surface area (Å²) in [6.45, 7) is 9.06. The van der Waals surface area contributed by atoms with Gasteiger partial charge in [-0.25, -0.2) is 0 Å². The summed E-state index contributed by atoms with van der Waals surface area (Å²) < 4.78 is 0. The summed E-state index contributed by atoms with van der Waals surface area (Å²) >= 11 is 0. The van der Waals surface area contributed by atoms with Crippen molar-refractivity contribution in [1.29, 1.82) is 0 Å². The molecule has 3 nitrogen and oxygen atoms in total. The second-order valence-electron chi connectivity index (χ2n) is 10.0. The van der Waals surface area contributed by atoms with Crippen molar-refractivity contribution in [3.05, 3.63) is 107 Å². The fourth-order valence-electron chi connectivity index (χ4n) is 6.47. The molecule has 176 valence electrons. The maximum atomic E-state index is 3.69. The van der Waals surface area contributed by atoms with E-state index < -0.39 is 0 Å². The van der Waals surface area contributed by atoms with Crippen molar-refractivity contribution in [2.24, 2.45) is 0 Å². The zero-order valence-corrected chi connectivity index (χ0v) is 21.0. The highest BCUT2D eigenvalue weighted by Gasteiger charge is 2.29. The lowest BCUT2D eigenvalue weighted by Gasteiger charge is -2.25. The molecule has 0 spiro atoms. The van der Waals surface area contributed by atoms with E-state index in [1.165, 1.54) is 66.5 Å². The normalized spacial score (nSPS) is 12.9. The minimum absolute atomic E-state index is 0.278. The van der Waals surface area contributed by atoms with Crippen LogP contribution in [0.5, 0.6) is 0 Å². The van der Waals surface area contributed by atoms with E-state index in [-0.39, 0.29) is 5.92 Å². The van der Waals surface area contributed by atoms with Crippen LogP contribution in [0.4, 0.5) is 0 Å². The van der Waals surface area contributed by atoms with E-state index in [1.54, 1.807) is 0 Å². The van der Waals surface area contributed by atoms with Crippen molar-refractivity contribution < 1.29 is 0 Å². The lowest BCUT2D eigenvalue weighted by atomic mass is 9.77. The van der Waals surface area contributed by atoms with Gasteiger partial charge in [-0.1, -0.05) is 61.5 Å². The SMILES string of the molecule is CCC(CC(c1c(C)[nH]c2ccccc12)c1c(C)[nH]c2ccccc12)c1c(C)[nH]c2ccccc12.